The number of hydrogen-bond donors (Lipinski definition) is 1. The number of imidazole rings is 1. The van der Waals surface area contributed by atoms with Crippen molar-refractivity contribution in [3.63, 3.8) is 0 Å². The number of methoxy groups -OCH3 is 1. The van der Waals surface area contributed by atoms with Crippen LogP contribution in [0.3, 0.4) is 0 Å². The number of nitrogens with one attached hydrogen (secondary N) is 1. The first-order chi connectivity index (χ1) is 20.7. The minimum Gasteiger partial charge on any atom is -0.465 e. The highest BCUT2D eigenvalue weighted by molar-refractivity contribution is 6.31. The fraction of sp³-hybridized carbons (Fsp3) is 0.375. The summed E-state index contributed by atoms with van der Waals surface area (Å²) in [5, 5.41) is 3.47. The lowest BCUT2D eigenvalue weighted by Crippen LogP contribution is -2.61. The molecule has 2 aliphatic heterocycles. The zero-order chi connectivity index (χ0) is 29.8. The van der Waals surface area contributed by atoms with E-state index in [0.717, 1.165) is 36.3 Å². The Bertz CT molecular complexity index is 1870. The normalized spacial score (nSPS) is 26.0. The van der Waals surface area contributed by atoms with E-state index in [2.05, 4.69) is 15.2 Å². The van der Waals surface area contributed by atoms with E-state index in [9.17, 15) is 9.59 Å². The lowest BCUT2D eigenvalue weighted by Gasteiger charge is -2.46. The Hall–Kier alpha value is -3.53. The van der Waals surface area contributed by atoms with Gasteiger partial charge in [-0.25, -0.2) is 19.2 Å². The number of carbonyl (C=O) groups is 2. The number of hydrogen-bond acceptors (Lipinski definition) is 6. The van der Waals surface area contributed by atoms with Gasteiger partial charge >= 0.3 is 5.97 Å². The number of fused-ring (bicyclic) bond motifs is 6. The summed E-state index contributed by atoms with van der Waals surface area (Å²) in [5.74, 6) is -1.66. The van der Waals surface area contributed by atoms with Crippen molar-refractivity contribution in [2.75, 3.05) is 19.0 Å². The van der Waals surface area contributed by atoms with Crippen LogP contribution < -0.4 is 5.32 Å². The van der Waals surface area contributed by atoms with Crippen LogP contribution in [0.25, 0.3) is 5.65 Å². The number of nitrogens with zero attached hydrogens (tertiary/aromatic N) is 4. The van der Waals surface area contributed by atoms with Crippen LogP contribution in [0.5, 0.6) is 0 Å². The smallest absolute Gasteiger partial charge is 0.338 e. The van der Waals surface area contributed by atoms with Gasteiger partial charge in [0.2, 0.25) is 5.91 Å². The largest absolute Gasteiger partial charge is 0.465 e. The highest BCUT2D eigenvalue weighted by Gasteiger charge is 2.67. The minimum atomic E-state index is -1.09. The molecule has 0 radical (unpaired) electrons. The van der Waals surface area contributed by atoms with Crippen molar-refractivity contribution in [3.8, 4) is 0 Å². The molecule has 4 aliphatic rings. The first-order valence-corrected chi connectivity index (χ1v) is 15.2. The lowest BCUT2D eigenvalue weighted by molar-refractivity contribution is -0.129. The summed E-state index contributed by atoms with van der Waals surface area (Å²) in [6, 6.07) is 8.86. The molecule has 4 aromatic rings. The number of benzene rings is 1. The van der Waals surface area contributed by atoms with Gasteiger partial charge in [0.1, 0.15) is 11.2 Å². The summed E-state index contributed by atoms with van der Waals surface area (Å²) in [6.45, 7) is 2.58. The van der Waals surface area contributed by atoms with Crippen molar-refractivity contribution in [2.24, 2.45) is 5.92 Å². The van der Waals surface area contributed by atoms with Gasteiger partial charge in [0.05, 0.1) is 18.4 Å². The van der Waals surface area contributed by atoms with E-state index in [1.54, 1.807) is 18.2 Å². The fourth-order valence-corrected chi connectivity index (χ4v) is 8.31. The summed E-state index contributed by atoms with van der Waals surface area (Å²) >= 11 is 12.6. The van der Waals surface area contributed by atoms with Crippen molar-refractivity contribution in [1.29, 1.82) is 0 Å². The number of halogens is 3. The molecule has 0 unspecified atom stereocenters. The first-order valence-electron chi connectivity index (χ1n) is 14.5. The number of carbonyl (C=O) groups excluding carboxylic acids is 2. The molecule has 8 nitrogen and oxygen atoms in total. The van der Waals surface area contributed by atoms with Crippen LogP contribution in [0, 0.1) is 18.7 Å². The van der Waals surface area contributed by atoms with E-state index in [1.807, 2.05) is 29.7 Å². The molecule has 2 fully saturated rings. The lowest BCUT2D eigenvalue weighted by atomic mass is 9.69. The van der Waals surface area contributed by atoms with Crippen LogP contribution in [0.4, 0.5) is 10.1 Å². The van der Waals surface area contributed by atoms with Gasteiger partial charge in [0.25, 0.3) is 0 Å². The maximum absolute atomic E-state index is 16.1. The maximum Gasteiger partial charge on any atom is 0.338 e. The van der Waals surface area contributed by atoms with Crippen LogP contribution in [0.15, 0.2) is 42.7 Å². The van der Waals surface area contributed by atoms with E-state index in [4.69, 9.17) is 32.9 Å². The molecule has 1 N–H and O–H groups in total. The van der Waals surface area contributed by atoms with Crippen LogP contribution in [0.1, 0.15) is 63.1 Å². The molecular weight excluding hydrogens is 592 g/mol. The maximum atomic E-state index is 16.1. The van der Waals surface area contributed by atoms with Crippen LogP contribution in [0.2, 0.25) is 10.2 Å². The summed E-state index contributed by atoms with van der Waals surface area (Å²) in [7, 11) is 1.36. The predicted molar refractivity (Wildman–Crippen MR) is 159 cm³/mol. The van der Waals surface area contributed by atoms with Crippen molar-refractivity contribution in [3.05, 3.63) is 92.4 Å². The van der Waals surface area contributed by atoms with Gasteiger partial charge in [-0.05, 0) is 61.1 Å². The average Bonchev–Trinajstić information content (AvgIpc) is 3.56. The number of anilines is 1. The standard InChI is InChI=1S/C32H28Cl2FN5O3/c1-15-19(30(41)43-2)8-10-39-23-12-22-24(27(23)38-29(15)39)25(20-7-9-36-28(34)26(20)35)32(40(22)14-16-3-4-16)13-17-5-6-18(33)11-21(17)37-31(32)42/h5-11,16,22,24-25H,3-4,12-14H2,1-2H3,(H,37,42)/t22-,24+,25-,32+/m0/s1. The van der Waals surface area contributed by atoms with Gasteiger partial charge in [-0.3, -0.25) is 9.69 Å². The molecular formula is C32H28Cl2FN5O3. The fourth-order valence-electron chi connectivity index (χ4n) is 7.97. The Labute approximate surface area is 257 Å². The van der Waals surface area contributed by atoms with Crippen LogP contribution in [-0.4, -0.2) is 56.4 Å². The van der Waals surface area contributed by atoms with Crippen molar-refractivity contribution < 1.29 is 18.7 Å². The third-order valence-electron chi connectivity index (χ3n) is 10.0. The van der Waals surface area contributed by atoms with Crippen molar-refractivity contribution in [2.45, 2.75) is 56.0 Å². The number of aryl methyl sites for hydroxylation is 1. The number of amides is 1. The Kier molecular flexibility index (Phi) is 5.97. The molecule has 0 bridgehead atoms. The second kappa shape index (κ2) is 9.48. The molecule has 220 valence electrons. The van der Waals surface area contributed by atoms with Gasteiger partial charge in [0, 0.05) is 71.6 Å². The summed E-state index contributed by atoms with van der Waals surface area (Å²) in [6.07, 6.45) is 6.58. The SMILES string of the molecule is COC(=O)c1ccn2c3c(nc2c1C)[C@@H]1[C@H](C3)N(CC2CC2)[C@]2(Cc3ccc(Cl)cc3NC2=O)[C@H]1c1ccnc(Cl)c1F. The molecule has 3 aromatic heterocycles. The molecule has 2 aliphatic carbocycles. The molecule has 11 heteroatoms. The van der Waals surface area contributed by atoms with Gasteiger partial charge in [-0.15, -0.1) is 0 Å². The molecule has 5 heterocycles. The first kappa shape index (κ1) is 27.0. The number of rotatable bonds is 4. The molecule has 1 spiro atoms. The Balaban J connectivity index is 1.37. The van der Waals surface area contributed by atoms with E-state index < -0.39 is 23.2 Å². The molecule has 8 rings (SSSR count). The Morgan fingerprint density at radius 1 is 1.23 bits per heavy atom. The second-order valence-corrected chi connectivity index (χ2v) is 13.0. The van der Waals surface area contributed by atoms with Gasteiger partial charge in [0.15, 0.2) is 11.0 Å². The molecule has 1 aromatic carbocycles. The number of pyridine rings is 2. The Morgan fingerprint density at radius 2 is 2.05 bits per heavy atom. The highest BCUT2D eigenvalue weighted by atomic mass is 35.5. The summed E-state index contributed by atoms with van der Waals surface area (Å²) < 4.78 is 23.1. The molecule has 1 amide bonds. The topological polar surface area (TPSA) is 88.8 Å². The van der Waals surface area contributed by atoms with E-state index in [-0.39, 0.29) is 23.0 Å². The third-order valence-corrected chi connectivity index (χ3v) is 10.5. The quantitative estimate of drug-likeness (QED) is 0.232. The number of likely N-dealkylation sites (tertiary alicyclic amines) is 1. The molecule has 1 saturated carbocycles. The van der Waals surface area contributed by atoms with Gasteiger partial charge < -0.3 is 14.5 Å². The van der Waals surface area contributed by atoms with Gasteiger partial charge in [-0.2, -0.15) is 0 Å². The summed E-state index contributed by atoms with van der Waals surface area (Å²) in [5.41, 5.74) is 4.52. The molecule has 1 saturated heterocycles. The number of ether oxygens (including phenoxy) is 1. The Morgan fingerprint density at radius 3 is 2.81 bits per heavy atom. The zero-order valence-electron chi connectivity index (χ0n) is 23.5. The minimum absolute atomic E-state index is 0.0912. The monoisotopic (exact) mass is 619 g/mol. The molecule has 43 heavy (non-hydrogen) atoms. The van der Waals surface area contributed by atoms with Crippen LogP contribution in [-0.2, 0) is 22.4 Å². The van der Waals surface area contributed by atoms with Crippen LogP contribution >= 0.6 is 23.2 Å². The second-order valence-electron chi connectivity index (χ2n) is 12.2. The van der Waals surface area contributed by atoms with E-state index in [0.29, 0.717) is 51.8 Å². The van der Waals surface area contributed by atoms with Gasteiger partial charge in [-0.1, -0.05) is 29.3 Å². The van der Waals surface area contributed by atoms with E-state index >= 15 is 4.39 Å². The molecule has 4 atom stereocenters. The van der Waals surface area contributed by atoms with E-state index in [1.165, 1.54) is 13.3 Å². The number of esters is 1. The summed E-state index contributed by atoms with van der Waals surface area (Å²) in [4.78, 5) is 38.5. The highest BCUT2D eigenvalue weighted by Crippen LogP contribution is 2.61. The third kappa shape index (κ3) is 3.77. The van der Waals surface area contributed by atoms with Crippen molar-refractivity contribution >= 4 is 46.4 Å². The van der Waals surface area contributed by atoms with Crippen molar-refractivity contribution in [1.82, 2.24) is 19.3 Å². The zero-order valence-corrected chi connectivity index (χ0v) is 25.0. The number of aromatic nitrogens is 3. The average molecular weight is 621 g/mol. The predicted octanol–water partition coefficient (Wildman–Crippen LogP) is 5.72.